The molecule has 0 amide bonds. The third kappa shape index (κ3) is 1.58. The summed E-state index contributed by atoms with van der Waals surface area (Å²) in [4.78, 5) is 12.4. The molecule has 4 aliphatic carbocycles. The van der Waals surface area contributed by atoms with Crippen molar-refractivity contribution in [2.45, 2.75) is 65.2 Å². The maximum Gasteiger partial charge on any atom is 0.159 e. The summed E-state index contributed by atoms with van der Waals surface area (Å²) in [5.74, 6) is 3.21. The number of carbonyl (C=O) groups excluding carboxylic acids is 1. The lowest BCUT2D eigenvalue weighted by Crippen LogP contribution is -2.53. The van der Waals surface area contributed by atoms with Gasteiger partial charge < -0.3 is 0 Å². The molecule has 0 aromatic rings. The van der Waals surface area contributed by atoms with Gasteiger partial charge in [0.05, 0.1) is 0 Å². The van der Waals surface area contributed by atoms with Gasteiger partial charge >= 0.3 is 0 Å². The van der Waals surface area contributed by atoms with Crippen LogP contribution in [0.5, 0.6) is 0 Å². The van der Waals surface area contributed by atoms with Crippen molar-refractivity contribution in [3.8, 4) is 0 Å². The van der Waals surface area contributed by atoms with E-state index in [9.17, 15) is 4.79 Å². The van der Waals surface area contributed by atoms with E-state index < -0.39 is 0 Å². The fraction of sp³-hybridized carbons (Fsp3) is 0.842. The van der Waals surface area contributed by atoms with Crippen molar-refractivity contribution in [3.63, 3.8) is 0 Å². The molecule has 3 saturated carbocycles. The molecule has 0 spiro atoms. The normalized spacial score (nSPS) is 54.2. The van der Waals surface area contributed by atoms with Crippen molar-refractivity contribution in [1.82, 2.24) is 0 Å². The Morgan fingerprint density at radius 1 is 1.05 bits per heavy atom. The lowest BCUT2D eigenvalue weighted by molar-refractivity contribution is -0.136. The minimum Gasteiger partial charge on any atom is -0.295 e. The maximum atomic E-state index is 12.4. The van der Waals surface area contributed by atoms with E-state index in [1.54, 1.807) is 0 Å². The van der Waals surface area contributed by atoms with Crippen LogP contribution in [0.4, 0.5) is 0 Å². The number of ketones is 1. The number of fused-ring (bicyclic) bond motifs is 5. The molecule has 0 aromatic carbocycles. The molecule has 4 aliphatic rings. The summed E-state index contributed by atoms with van der Waals surface area (Å²) in [5, 5.41) is 0. The van der Waals surface area contributed by atoms with Gasteiger partial charge in [0.2, 0.25) is 0 Å². The number of hydrogen-bond acceptors (Lipinski definition) is 1. The monoisotopic (exact) mass is 272 g/mol. The summed E-state index contributed by atoms with van der Waals surface area (Å²) in [6.45, 7) is 4.91. The molecule has 0 aliphatic heterocycles. The third-order valence-corrected chi connectivity index (χ3v) is 7.73. The van der Waals surface area contributed by atoms with Gasteiger partial charge in [0, 0.05) is 5.92 Å². The Bertz CT molecular complexity index is 464. The molecule has 0 aromatic heterocycles. The number of hydrogen-bond donors (Lipinski definition) is 0. The zero-order valence-corrected chi connectivity index (χ0v) is 13.0. The van der Waals surface area contributed by atoms with Gasteiger partial charge in [0.15, 0.2) is 5.78 Å². The van der Waals surface area contributed by atoms with Crippen LogP contribution in [-0.2, 0) is 4.79 Å². The quantitative estimate of drug-likeness (QED) is 0.621. The Hall–Kier alpha value is -0.590. The van der Waals surface area contributed by atoms with Crippen LogP contribution < -0.4 is 0 Å². The van der Waals surface area contributed by atoms with Crippen molar-refractivity contribution in [1.29, 1.82) is 0 Å². The summed E-state index contributed by atoms with van der Waals surface area (Å²) < 4.78 is 0. The average molecular weight is 272 g/mol. The maximum absolute atomic E-state index is 12.4. The number of carbonyl (C=O) groups is 1. The molecule has 0 heterocycles. The van der Waals surface area contributed by atoms with E-state index >= 15 is 0 Å². The summed E-state index contributed by atoms with van der Waals surface area (Å²) in [6.07, 6.45) is 15.2. The number of allylic oxidation sites excluding steroid dienone is 2. The highest BCUT2D eigenvalue weighted by Crippen LogP contribution is 2.64. The van der Waals surface area contributed by atoms with E-state index in [1.165, 1.54) is 51.4 Å². The fourth-order valence-electron chi connectivity index (χ4n) is 6.63. The first kappa shape index (κ1) is 13.1. The van der Waals surface area contributed by atoms with Gasteiger partial charge in [0.25, 0.3) is 0 Å². The first-order valence-corrected chi connectivity index (χ1v) is 8.78. The SMILES string of the molecule is C[C@]12CCCC[C@@H]1CC[C@@H]1[C@@H]2CC[C@]2(C)C=CC(=O)[C@@H]12. The van der Waals surface area contributed by atoms with E-state index in [-0.39, 0.29) is 5.41 Å². The Morgan fingerprint density at radius 3 is 2.75 bits per heavy atom. The zero-order chi connectivity index (χ0) is 14.0. The Balaban J connectivity index is 1.69. The molecule has 0 unspecified atom stereocenters. The van der Waals surface area contributed by atoms with E-state index in [0.717, 1.165) is 11.8 Å². The van der Waals surface area contributed by atoms with Crippen molar-refractivity contribution in [2.24, 2.45) is 34.5 Å². The molecular formula is C19H28O. The molecule has 4 rings (SSSR count). The van der Waals surface area contributed by atoms with E-state index in [0.29, 0.717) is 23.0 Å². The second-order valence-corrected chi connectivity index (χ2v) is 8.55. The smallest absolute Gasteiger partial charge is 0.159 e. The van der Waals surface area contributed by atoms with Crippen LogP contribution in [0.25, 0.3) is 0 Å². The van der Waals surface area contributed by atoms with E-state index in [1.807, 2.05) is 6.08 Å². The topological polar surface area (TPSA) is 17.1 Å². The fourth-order valence-corrected chi connectivity index (χ4v) is 6.63. The van der Waals surface area contributed by atoms with Crippen LogP contribution in [-0.4, -0.2) is 5.78 Å². The second-order valence-electron chi connectivity index (χ2n) is 8.55. The Labute approximate surface area is 123 Å². The van der Waals surface area contributed by atoms with Crippen LogP contribution in [0.2, 0.25) is 0 Å². The summed E-state index contributed by atoms with van der Waals surface area (Å²) in [6, 6.07) is 0. The van der Waals surface area contributed by atoms with Gasteiger partial charge in [-0.05, 0) is 73.2 Å². The van der Waals surface area contributed by atoms with Crippen molar-refractivity contribution in [2.75, 3.05) is 0 Å². The Kier molecular flexibility index (Phi) is 2.76. The predicted octanol–water partition coefficient (Wildman–Crippen LogP) is 4.76. The van der Waals surface area contributed by atoms with Crippen LogP contribution >= 0.6 is 0 Å². The molecule has 0 radical (unpaired) electrons. The summed E-state index contributed by atoms with van der Waals surface area (Å²) >= 11 is 0. The molecule has 20 heavy (non-hydrogen) atoms. The van der Waals surface area contributed by atoms with E-state index in [2.05, 4.69) is 19.9 Å². The minimum absolute atomic E-state index is 0.191. The standard InChI is InChI=1S/C19H28O/c1-18-11-8-15-14(17(18)16(20)9-12-18)7-6-13-5-3-4-10-19(13,15)2/h9,12-15,17H,3-8,10-11H2,1-2H3/t13-,14-,15+,17-,18-,19+/m1/s1. The van der Waals surface area contributed by atoms with Crippen LogP contribution in [0, 0.1) is 34.5 Å². The van der Waals surface area contributed by atoms with Crippen LogP contribution in [0.3, 0.4) is 0 Å². The molecule has 6 atom stereocenters. The highest BCUT2D eigenvalue weighted by atomic mass is 16.1. The van der Waals surface area contributed by atoms with Crippen molar-refractivity contribution < 1.29 is 4.79 Å². The minimum atomic E-state index is 0.191. The van der Waals surface area contributed by atoms with Crippen LogP contribution in [0.1, 0.15) is 65.2 Å². The lowest BCUT2D eigenvalue weighted by atomic mass is 9.45. The van der Waals surface area contributed by atoms with Gasteiger partial charge in [-0.25, -0.2) is 0 Å². The van der Waals surface area contributed by atoms with Gasteiger partial charge in [-0.1, -0.05) is 32.8 Å². The predicted molar refractivity (Wildman–Crippen MR) is 81.3 cm³/mol. The summed E-state index contributed by atoms with van der Waals surface area (Å²) in [5.41, 5.74) is 0.738. The number of rotatable bonds is 0. The van der Waals surface area contributed by atoms with Crippen molar-refractivity contribution >= 4 is 5.78 Å². The van der Waals surface area contributed by atoms with E-state index in [4.69, 9.17) is 0 Å². The molecular weight excluding hydrogens is 244 g/mol. The van der Waals surface area contributed by atoms with Crippen molar-refractivity contribution in [3.05, 3.63) is 12.2 Å². The third-order valence-electron chi connectivity index (χ3n) is 7.73. The molecule has 3 fully saturated rings. The van der Waals surface area contributed by atoms with Gasteiger partial charge in [-0.15, -0.1) is 0 Å². The highest BCUT2D eigenvalue weighted by molar-refractivity contribution is 5.95. The summed E-state index contributed by atoms with van der Waals surface area (Å²) in [7, 11) is 0. The van der Waals surface area contributed by atoms with Gasteiger partial charge in [0.1, 0.15) is 0 Å². The zero-order valence-electron chi connectivity index (χ0n) is 13.0. The van der Waals surface area contributed by atoms with Gasteiger partial charge in [-0.3, -0.25) is 4.79 Å². The molecule has 0 bridgehead atoms. The molecule has 1 nitrogen and oxygen atoms in total. The lowest BCUT2D eigenvalue weighted by Gasteiger charge is -2.59. The van der Waals surface area contributed by atoms with Gasteiger partial charge in [-0.2, -0.15) is 0 Å². The second kappa shape index (κ2) is 4.21. The molecule has 0 saturated heterocycles. The highest BCUT2D eigenvalue weighted by Gasteiger charge is 2.58. The molecule has 0 N–H and O–H groups in total. The van der Waals surface area contributed by atoms with Crippen LogP contribution in [0.15, 0.2) is 12.2 Å². The molecule has 1 heteroatoms. The average Bonchev–Trinajstić information content (AvgIpc) is 2.74. The Morgan fingerprint density at radius 2 is 1.90 bits per heavy atom. The largest absolute Gasteiger partial charge is 0.295 e. The molecule has 110 valence electrons. The first-order valence-electron chi connectivity index (χ1n) is 8.78. The first-order chi connectivity index (χ1) is 9.55.